The predicted octanol–water partition coefficient (Wildman–Crippen LogP) is 2.63. The van der Waals surface area contributed by atoms with Gasteiger partial charge in [0.1, 0.15) is 0 Å². The maximum Gasteiger partial charge on any atom is 0.0492 e. The Hall–Kier alpha value is -0.790. The summed E-state index contributed by atoms with van der Waals surface area (Å²) in [6.07, 6.45) is 4.39. The van der Waals surface area contributed by atoms with Gasteiger partial charge < -0.3 is 0 Å². The summed E-state index contributed by atoms with van der Waals surface area (Å²) in [5.74, 6) is 0.806. The molecular formula is C10H18N2. The third kappa shape index (κ3) is 2.68. The molecule has 0 aliphatic heterocycles. The van der Waals surface area contributed by atoms with E-state index in [1.807, 2.05) is 6.20 Å². The Morgan fingerprint density at radius 1 is 1.50 bits per heavy atom. The number of nitrogens with zero attached hydrogens (tertiary/aromatic N) is 2. The standard InChI is InChI=1S/C10H18N2/c1-9(2)5-4-8-12-10(3)6-7-11-12/h6-7,9H,4-5,8H2,1-3H3. The summed E-state index contributed by atoms with van der Waals surface area (Å²) >= 11 is 0. The van der Waals surface area contributed by atoms with Crippen molar-refractivity contribution < 1.29 is 0 Å². The zero-order valence-electron chi connectivity index (χ0n) is 8.25. The summed E-state index contributed by atoms with van der Waals surface area (Å²) in [4.78, 5) is 0. The van der Waals surface area contributed by atoms with Gasteiger partial charge in [-0.25, -0.2) is 0 Å². The van der Waals surface area contributed by atoms with Crippen LogP contribution in [0.25, 0.3) is 0 Å². The molecule has 0 saturated heterocycles. The van der Waals surface area contributed by atoms with E-state index in [-0.39, 0.29) is 0 Å². The van der Waals surface area contributed by atoms with Gasteiger partial charge in [0.05, 0.1) is 0 Å². The SMILES string of the molecule is Cc1ccnn1CCCC(C)C. The molecule has 0 bridgehead atoms. The van der Waals surface area contributed by atoms with Crippen LogP contribution in [0.2, 0.25) is 0 Å². The van der Waals surface area contributed by atoms with Crippen LogP contribution in [0.1, 0.15) is 32.4 Å². The van der Waals surface area contributed by atoms with Crippen molar-refractivity contribution >= 4 is 0 Å². The van der Waals surface area contributed by atoms with Crippen LogP contribution in [-0.2, 0) is 6.54 Å². The first-order valence-electron chi connectivity index (χ1n) is 4.68. The van der Waals surface area contributed by atoms with Gasteiger partial charge in [-0.3, -0.25) is 4.68 Å². The van der Waals surface area contributed by atoms with Crippen LogP contribution in [-0.4, -0.2) is 9.78 Å². The Balaban J connectivity index is 2.29. The van der Waals surface area contributed by atoms with Crippen LogP contribution >= 0.6 is 0 Å². The molecular weight excluding hydrogens is 148 g/mol. The fourth-order valence-electron chi connectivity index (χ4n) is 1.28. The molecule has 0 saturated carbocycles. The van der Waals surface area contributed by atoms with E-state index < -0.39 is 0 Å². The normalized spacial score (nSPS) is 11.0. The summed E-state index contributed by atoms with van der Waals surface area (Å²) in [6, 6.07) is 2.05. The molecule has 0 atom stereocenters. The van der Waals surface area contributed by atoms with Crippen LogP contribution in [0.15, 0.2) is 12.3 Å². The van der Waals surface area contributed by atoms with Gasteiger partial charge in [-0.1, -0.05) is 13.8 Å². The number of aromatic nitrogens is 2. The van der Waals surface area contributed by atoms with Crippen molar-refractivity contribution in [3.05, 3.63) is 18.0 Å². The quantitative estimate of drug-likeness (QED) is 0.672. The van der Waals surface area contributed by atoms with Crippen LogP contribution < -0.4 is 0 Å². The number of rotatable bonds is 4. The van der Waals surface area contributed by atoms with Gasteiger partial charge in [-0.05, 0) is 31.7 Å². The van der Waals surface area contributed by atoms with Gasteiger partial charge in [0.2, 0.25) is 0 Å². The molecule has 0 aliphatic carbocycles. The topological polar surface area (TPSA) is 17.8 Å². The molecule has 0 spiro atoms. The van der Waals surface area contributed by atoms with Crippen molar-refractivity contribution in [2.24, 2.45) is 5.92 Å². The molecule has 1 aromatic heterocycles. The maximum absolute atomic E-state index is 4.23. The molecule has 0 radical (unpaired) electrons. The van der Waals surface area contributed by atoms with Crippen LogP contribution in [0.3, 0.4) is 0 Å². The molecule has 0 amide bonds. The number of hydrogen-bond acceptors (Lipinski definition) is 1. The van der Waals surface area contributed by atoms with E-state index >= 15 is 0 Å². The number of aryl methyl sites for hydroxylation is 2. The summed E-state index contributed by atoms with van der Waals surface area (Å²) in [6.45, 7) is 7.69. The fourth-order valence-corrected chi connectivity index (χ4v) is 1.28. The van der Waals surface area contributed by atoms with Crippen molar-refractivity contribution in [3.8, 4) is 0 Å². The highest BCUT2D eigenvalue weighted by Gasteiger charge is 1.97. The van der Waals surface area contributed by atoms with Gasteiger partial charge in [-0.15, -0.1) is 0 Å². The van der Waals surface area contributed by atoms with Crippen LogP contribution in [0.5, 0.6) is 0 Å². The molecule has 0 aliphatic rings. The minimum Gasteiger partial charge on any atom is -0.270 e. The van der Waals surface area contributed by atoms with E-state index in [2.05, 4.69) is 36.6 Å². The fraction of sp³-hybridized carbons (Fsp3) is 0.700. The Kier molecular flexibility index (Phi) is 3.32. The average molecular weight is 166 g/mol. The predicted molar refractivity (Wildman–Crippen MR) is 51.0 cm³/mol. The minimum absolute atomic E-state index is 0.806. The van der Waals surface area contributed by atoms with Gasteiger partial charge in [-0.2, -0.15) is 5.10 Å². The lowest BCUT2D eigenvalue weighted by molar-refractivity contribution is 0.484. The first kappa shape index (κ1) is 9.30. The summed E-state index contributed by atoms with van der Waals surface area (Å²) in [7, 11) is 0. The average Bonchev–Trinajstić information content (AvgIpc) is 2.36. The van der Waals surface area contributed by atoms with Gasteiger partial charge in [0, 0.05) is 18.4 Å². The van der Waals surface area contributed by atoms with Crippen molar-refractivity contribution in [1.82, 2.24) is 9.78 Å². The molecule has 0 aromatic carbocycles. The molecule has 1 heterocycles. The number of hydrogen-bond donors (Lipinski definition) is 0. The Morgan fingerprint density at radius 3 is 2.75 bits per heavy atom. The molecule has 0 unspecified atom stereocenters. The van der Waals surface area contributed by atoms with Crippen LogP contribution in [0.4, 0.5) is 0 Å². The first-order chi connectivity index (χ1) is 5.70. The maximum atomic E-state index is 4.23. The summed E-state index contributed by atoms with van der Waals surface area (Å²) in [5.41, 5.74) is 1.26. The highest BCUT2D eigenvalue weighted by molar-refractivity contribution is 4.96. The second-order valence-electron chi connectivity index (χ2n) is 3.73. The van der Waals surface area contributed by atoms with Gasteiger partial charge in [0.25, 0.3) is 0 Å². The monoisotopic (exact) mass is 166 g/mol. The van der Waals surface area contributed by atoms with E-state index in [0.717, 1.165) is 12.5 Å². The molecule has 68 valence electrons. The van der Waals surface area contributed by atoms with E-state index in [0.29, 0.717) is 0 Å². The zero-order chi connectivity index (χ0) is 8.97. The zero-order valence-corrected chi connectivity index (χ0v) is 8.25. The van der Waals surface area contributed by atoms with E-state index in [1.54, 1.807) is 0 Å². The smallest absolute Gasteiger partial charge is 0.0492 e. The Labute approximate surface area is 74.6 Å². The molecule has 2 heteroatoms. The highest BCUT2D eigenvalue weighted by atomic mass is 15.3. The third-order valence-corrected chi connectivity index (χ3v) is 2.08. The molecule has 2 nitrogen and oxygen atoms in total. The van der Waals surface area contributed by atoms with Gasteiger partial charge in [0.15, 0.2) is 0 Å². The molecule has 0 fully saturated rings. The Morgan fingerprint density at radius 2 is 2.25 bits per heavy atom. The largest absolute Gasteiger partial charge is 0.270 e. The van der Waals surface area contributed by atoms with Gasteiger partial charge >= 0.3 is 0 Å². The lowest BCUT2D eigenvalue weighted by Gasteiger charge is -2.05. The Bertz CT molecular complexity index is 225. The minimum atomic E-state index is 0.806. The first-order valence-corrected chi connectivity index (χ1v) is 4.68. The second kappa shape index (κ2) is 4.29. The highest BCUT2D eigenvalue weighted by Crippen LogP contribution is 2.06. The van der Waals surface area contributed by atoms with Crippen molar-refractivity contribution in [2.45, 2.75) is 40.2 Å². The second-order valence-corrected chi connectivity index (χ2v) is 3.73. The van der Waals surface area contributed by atoms with E-state index in [4.69, 9.17) is 0 Å². The van der Waals surface area contributed by atoms with Crippen molar-refractivity contribution in [3.63, 3.8) is 0 Å². The molecule has 1 aromatic rings. The lowest BCUT2D eigenvalue weighted by atomic mass is 10.1. The lowest BCUT2D eigenvalue weighted by Crippen LogP contribution is -2.03. The summed E-state index contributed by atoms with van der Waals surface area (Å²) in [5, 5.41) is 4.23. The van der Waals surface area contributed by atoms with E-state index in [1.165, 1.54) is 18.5 Å². The molecule has 12 heavy (non-hydrogen) atoms. The van der Waals surface area contributed by atoms with Crippen molar-refractivity contribution in [2.75, 3.05) is 0 Å². The van der Waals surface area contributed by atoms with Crippen LogP contribution in [0, 0.1) is 12.8 Å². The molecule has 0 N–H and O–H groups in total. The summed E-state index contributed by atoms with van der Waals surface area (Å²) < 4.78 is 2.07. The molecule has 1 rings (SSSR count). The third-order valence-electron chi connectivity index (χ3n) is 2.08. The van der Waals surface area contributed by atoms with Crippen molar-refractivity contribution in [1.29, 1.82) is 0 Å². The van der Waals surface area contributed by atoms with E-state index in [9.17, 15) is 0 Å².